The summed E-state index contributed by atoms with van der Waals surface area (Å²) >= 11 is 0. The van der Waals surface area contributed by atoms with Crippen LogP contribution < -0.4 is 5.32 Å². The molecule has 6 heteroatoms. The van der Waals surface area contributed by atoms with Gasteiger partial charge in [-0.05, 0) is 30.5 Å². The van der Waals surface area contributed by atoms with Gasteiger partial charge in [-0.15, -0.1) is 0 Å². The number of hydrogen-bond acceptors (Lipinski definition) is 3. The lowest BCUT2D eigenvalue weighted by Gasteiger charge is -2.21. The van der Waals surface area contributed by atoms with E-state index < -0.39 is 11.9 Å². The molecule has 3 atom stereocenters. The van der Waals surface area contributed by atoms with E-state index in [9.17, 15) is 9.59 Å². The number of likely N-dealkylation sites (tertiary alicyclic amines) is 1. The quantitative estimate of drug-likeness (QED) is 0.877. The van der Waals surface area contributed by atoms with Crippen LogP contribution in [0.25, 0.3) is 0 Å². The second kappa shape index (κ2) is 5.90. The molecule has 6 nitrogen and oxygen atoms in total. The highest BCUT2D eigenvalue weighted by Gasteiger charge is 2.37. The van der Waals surface area contributed by atoms with Gasteiger partial charge in [0.1, 0.15) is 0 Å². The van der Waals surface area contributed by atoms with E-state index in [4.69, 9.17) is 5.11 Å². The second-order valence-electron chi connectivity index (χ2n) is 5.28. The number of amides is 2. The zero-order chi connectivity index (χ0) is 14.7. The smallest absolute Gasteiger partial charge is 0.317 e. The van der Waals surface area contributed by atoms with Crippen LogP contribution >= 0.6 is 0 Å². The molecule has 0 spiro atoms. The summed E-state index contributed by atoms with van der Waals surface area (Å²) in [6.07, 6.45) is 3.35. The summed E-state index contributed by atoms with van der Waals surface area (Å²) in [6, 6.07) is 3.34. The van der Waals surface area contributed by atoms with Crippen molar-refractivity contribution in [1.29, 1.82) is 0 Å². The number of nitrogens with one attached hydrogen (secondary N) is 1. The number of pyridine rings is 1. The third kappa shape index (κ3) is 3.07. The molecule has 0 saturated carbocycles. The number of nitrogens with zero attached hydrogens (tertiary/aromatic N) is 2. The molecule has 108 valence electrons. The highest BCUT2D eigenvalue weighted by atomic mass is 16.4. The molecule has 1 aliphatic rings. The van der Waals surface area contributed by atoms with E-state index in [1.54, 1.807) is 17.3 Å². The Morgan fingerprint density at radius 2 is 2.05 bits per heavy atom. The first kappa shape index (κ1) is 14.3. The Labute approximate surface area is 117 Å². The molecule has 1 saturated heterocycles. The molecular weight excluding hydrogens is 258 g/mol. The van der Waals surface area contributed by atoms with Crippen molar-refractivity contribution in [3.05, 3.63) is 30.1 Å². The van der Waals surface area contributed by atoms with Crippen LogP contribution in [0.2, 0.25) is 0 Å². The van der Waals surface area contributed by atoms with Crippen molar-refractivity contribution in [2.75, 3.05) is 13.1 Å². The molecule has 2 rings (SSSR count). The number of hydrogen-bond donors (Lipinski definition) is 2. The van der Waals surface area contributed by atoms with Crippen LogP contribution in [0.3, 0.4) is 0 Å². The van der Waals surface area contributed by atoms with Crippen LogP contribution in [0.4, 0.5) is 4.79 Å². The van der Waals surface area contributed by atoms with E-state index in [1.165, 1.54) is 0 Å². The molecule has 1 aliphatic heterocycles. The van der Waals surface area contributed by atoms with Gasteiger partial charge in [0.05, 0.1) is 12.0 Å². The SMILES string of the molecule is CC(NC(=O)N1C[C@@H](C)[C@H](C(=O)O)C1)c1ccncc1. The standard InChI is InChI=1S/C14H19N3O3/c1-9-7-17(8-12(9)13(18)19)14(20)16-10(2)11-3-5-15-6-4-11/h3-6,9-10,12H,7-8H2,1-2H3,(H,16,20)(H,18,19)/t9-,10?,12-/m1/s1. The van der Waals surface area contributed by atoms with Crippen molar-refractivity contribution in [3.63, 3.8) is 0 Å². The van der Waals surface area contributed by atoms with Gasteiger partial charge in [-0.25, -0.2) is 4.79 Å². The number of rotatable bonds is 3. The molecule has 20 heavy (non-hydrogen) atoms. The minimum absolute atomic E-state index is 0.0190. The zero-order valence-electron chi connectivity index (χ0n) is 11.6. The maximum absolute atomic E-state index is 12.1. The number of carboxylic acids is 1. The fourth-order valence-corrected chi connectivity index (χ4v) is 2.47. The molecule has 2 amide bonds. The molecule has 0 aromatic carbocycles. The summed E-state index contributed by atoms with van der Waals surface area (Å²) in [7, 11) is 0. The number of urea groups is 1. The third-order valence-corrected chi connectivity index (χ3v) is 3.76. The molecule has 1 unspecified atom stereocenters. The monoisotopic (exact) mass is 277 g/mol. The van der Waals surface area contributed by atoms with Crippen molar-refractivity contribution in [2.24, 2.45) is 11.8 Å². The van der Waals surface area contributed by atoms with Crippen LogP contribution in [0, 0.1) is 11.8 Å². The minimum Gasteiger partial charge on any atom is -0.481 e. The number of aromatic nitrogens is 1. The van der Waals surface area contributed by atoms with E-state index in [0.717, 1.165) is 5.56 Å². The largest absolute Gasteiger partial charge is 0.481 e. The molecule has 1 aromatic heterocycles. The summed E-state index contributed by atoms with van der Waals surface area (Å²) < 4.78 is 0. The Hall–Kier alpha value is -2.11. The topological polar surface area (TPSA) is 82.5 Å². The van der Waals surface area contributed by atoms with E-state index in [-0.39, 0.29) is 24.5 Å². The van der Waals surface area contributed by atoms with E-state index in [1.807, 2.05) is 26.0 Å². The van der Waals surface area contributed by atoms with Crippen LogP contribution in [-0.2, 0) is 4.79 Å². The van der Waals surface area contributed by atoms with E-state index in [2.05, 4.69) is 10.3 Å². The fourth-order valence-electron chi connectivity index (χ4n) is 2.47. The van der Waals surface area contributed by atoms with Crippen LogP contribution in [0.15, 0.2) is 24.5 Å². The van der Waals surface area contributed by atoms with Gasteiger partial charge in [0, 0.05) is 25.5 Å². The van der Waals surface area contributed by atoms with Crippen LogP contribution in [0.5, 0.6) is 0 Å². The number of carbonyl (C=O) groups is 2. The van der Waals surface area contributed by atoms with Crippen molar-refractivity contribution in [2.45, 2.75) is 19.9 Å². The van der Waals surface area contributed by atoms with Crippen LogP contribution in [0.1, 0.15) is 25.5 Å². The molecule has 0 bridgehead atoms. The molecule has 1 fully saturated rings. The summed E-state index contributed by atoms with van der Waals surface area (Å²) in [5, 5.41) is 12.0. The summed E-state index contributed by atoms with van der Waals surface area (Å²) in [4.78, 5) is 28.7. The van der Waals surface area contributed by atoms with E-state index >= 15 is 0 Å². The van der Waals surface area contributed by atoms with Gasteiger partial charge in [-0.2, -0.15) is 0 Å². The maximum atomic E-state index is 12.1. The molecular formula is C14H19N3O3. The van der Waals surface area contributed by atoms with Crippen molar-refractivity contribution in [3.8, 4) is 0 Å². The molecule has 2 N–H and O–H groups in total. The summed E-state index contributed by atoms with van der Waals surface area (Å²) in [5.41, 5.74) is 0.968. The maximum Gasteiger partial charge on any atom is 0.317 e. The summed E-state index contributed by atoms with van der Waals surface area (Å²) in [6.45, 7) is 4.50. The number of carbonyl (C=O) groups excluding carboxylic acids is 1. The first-order chi connectivity index (χ1) is 9.49. The van der Waals surface area contributed by atoms with Gasteiger partial charge < -0.3 is 15.3 Å². The Morgan fingerprint density at radius 3 is 2.60 bits per heavy atom. The zero-order valence-corrected chi connectivity index (χ0v) is 11.6. The van der Waals surface area contributed by atoms with Crippen molar-refractivity contribution in [1.82, 2.24) is 15.2 Å². The van der Waals surface area contributed by atoms with Crippen molar-refractivity contribution >= 4 is 12.0 Å². The van der Waals surface area contributed by atoms with Gasteiger partial charge in [0.25, 0.3) is 0 Å². The predicted octanol–water partition coefficient (Wildman–Crippen LogP) is 1.50. The van der Waals surface area contributed by atoms with Crippen molar-refractivity contribution < 1.29 is 14.7 Å². The number of carboxylic acid groups (broad SMARTS) is 1. The first-order valence-corrected chi connectivity index (χ1v) is 6.67. The Morgan fingerprint density at radius 1 is 1.40 bits per heavy atom. The lowest BCUT2D eigenvalue weighted by molar-refractivity contribution is -0.142. The van der Waals surface area contributed by atoms with Gasteiger partial charge >= 0.3 is 12.0 Å². The Kier molecular flexibility index (Phi) is 4.22. The molecule has 1 aromatic rings. The highest BCUT2D eigenvalue weighted by molar-refractivity contribution is 5.78. The predicted molar refractivity (Wildman–Crippen MR) is 73.0 cm³/mol. The lowest BCUT2D eigenvalue weighted by Crippen LogP contribution is -2.40. The minimum atomic E-state index is -0.838. The second-order valence-corrected chi connectivity index (χ2v) is 5.28. The van der Waals surface area contributed by atoms with Gasteiger partial charge in [0.2, 0.25) is 0 Å². The fraction of sp³-hybridized carbons (Fsp3) is 0.500. The Bertz CT molecular complexity index is 492. The van der Waals surface area contributed by atoms with Gasteiger partial charge in [-0.1, -0.05) is 6.92 Å². The molecule has 2 heterocycles. The number of aliphatic carboxylic acids is 1. The lowest BCUT2D eigenvalue weighted by atomic mass is 9.99. The summed E-state index contributed by atoms with van der Waals surface area (Å²) in [5.74, 6) is -1.33. The third-order valence-electron chi connectivity index (χ3n) is 3.76. The first-order valence-electron chi connectivity index (χ1n) is 6.67. The van der Waals surface area contributed by atoms with Gasteiger partial charge in [0.15, 0.2) is 0 Å². The normalized spacial score (nSPS) is 23.4. The molecule has 0 aliphatic carbocycles. The average molecular weight is 277 g/mol. The highest BCUT2D eigenvalue weighted by Crippen LogP contribution is 2.23. The van der Waals surface area contributed by atoms with E-state index in [0.29, 0.717) is 6.54 Å². The Balaban J connectivity index is 1.95. The van der Waals surface area contributed by atoms with Gasteiger partial charge in [-0.3, -0.25) is 9.78 Å². The average Bonchev–Trinajstić information content (AvgIpc) is 2.82. The molecule has 0 radical (unpaired) electrons. The van der Waals surface area contributed by atoms with Crippen LogP contribution in [-0.4, -0.2) is 40.1 Å².